The van der Waals surface area contributed by atoms with Gasteiger partial charge >= 0.3 is 0 Å². The van der Waals surface area contributed by atoms with Gasteiger partial charge in [-0.05, 0) is 31.0 Å². The minimum Gasteiger partial charge on any atom is -0.313 e. The van der Waals surface area contributed by atoms with Gasteiger partial charge in [-0.2, -0.15) is 9.57 Å². The lowest BCUT2D eigenvalue weighted by Crippen LogP contribution is -2.52. The highest BCUT2D eigenvalue weighted by molar-refractivity contribution is 7.89. The van der Waals surface area contributed by atoms with Gasteiger partial charge in [-0.1, -0.05) is 12.1 Å². The van der Waals surface area contributed by atoms with Gasteiger partial charge in [0.15, 0.2) is 0 Å². The van der Waals surface area contributed by atoms with Crippen LogP contribution < -0.4 is 5.32 Å². The van der Waals surface area contributed by atoms with Crippen LogP contribution in [0.2, 0.25) is 0 Å². The fourth-order valence-electron chi connectivity index (χ4n) is 2.19. The van der Waals surface area contributed by atoms with Gasteiger partial charge in [0.25, 0.3) is 0 Å². The maximum atomic E-state index is 12.7. The Hall–Kier alpha value is -1.42. The summed E-state index contributed by atoms with van der Waals surface area (Å²) in [5.74, 6) is 0. The van der Waals surface area contributed by atoms with Gasteiger partial charge in [0.2, 0.25) is 10.0 Å². The average Bonchev–Trinajstić information content (AvgIpc) is 2.41. The second-order valence-corrected chi connectivity index (χ2v) is 6.59. The fraction of sp³-hybridized carbons (Fsp3) is 0.462. The zero-order valence-electron chi connectivity index (χ0n) is 11.0. The highest BCUT2D eigenvalue weighted by atomic mass is 32.2. The van der Waals surface area contributed by atoms with E-state index < -0.39 is 16.1 Å². The molecule has 0 spiro atoms. The van der Waals surface area contributed by atoms with E-state index in [0.717, 1.165) is 5.56 Å². The van der Waals surface area contributed by atoms with Crippen LogP contribution in [0.25, 0.3) is 0 Å². The van der Waals surface area contributed by atoms with Crippen molar-refractivity contribution in [2.75, 3.05) is 19.6 Å². The molecule has 0 aromatic heterocycles. The van der Waals surface area contributed by atoms with Gasteiger partial charge in [0, 0.05) is 19.6 Å². The molecule has 1 atom stereocenters. The molecule has 1 aliphatic heterocycles. The number of benzene rings is 1. The van der Waals surface area contributed by atoms with Crippen LogP contribution in [0.15, 0.2) is 23.1 Å². The van der Waals surface area contributed by atoms with E-state index in [1.54, 1.807) is 19.1 Å². The Bertz CT molecular complexity index is 619. The van der Waals surface area contributed by atoms with Gasteiger partial charge in [-0.15, -0.1) is 0 Å². The number of hydrogen-bond donors (Lipinski definition) is 1. The minimum atomic E-state index is -3.61. The summed E-state index contributed by atoms with van der Waals surface area (Å²) in [6.45, 7) is 4.91. The minimum absolute atomic E-state index is 0.301. The molecule has 0 saturated carbocycles. The predicted molar refractivity (Wildman–Crippen MR) is 72.1 cm³/mol. The van der Waals surface area contributed by atoms with E-state index in [1.807, 2.05) is 19.1 Å². The number of hydrogen-bond acceptors (Lipinski definition) is 4. The fourth-order valence-corrected chi connectivity index (χ4v) is 4.05. The van der Waals surface area contributed by atoms with Crippen LogP contribution >= 0.6 is 0 Å². The van der Waals surface area contributed by atoms with Crippen molar-refractivity contribution in [1.29, 1.82) is 5.26 Å². The van der Waals surface area contributed by atoms with Crippen LogP contribution in [0.1, 0.15) is 11.1 Å². The summed E-state index contributed by atoms with van der Waals surface area (Å²) >= 11 is 0. The molecule has 1 N–H and O–H groups in total. The summed E-state index contributed by atoms with van der Waals surface area (Å²) in [5.41, 5.74) is 1.61. The first-order valence-corrected chi connectivity index (χ1v) is 7.60. The second-order valence-electron chi connectivity index (χ2n) is 4.73. The molecule has 1 aromatic carbocycles. The van der Waals surface area contributed by atoms with E-state index in [2.05, 4.69) is 5.32 Å². The largest absolute Gasteiger partial charge is 0.313 e. The standard InChI is InChI=1S/C13H17N3O2S/c1-10-3-4-11(2)13(7-10)19(17,18)16-6-5-15-9-12(16)8-14/h3-4,7,12,15H,5-6,9H2,1-2H3. The molecule has 0 amide bonds. The monoisotopic (exact) mass is 279 g/mol. The Kier molecular flexibility index (Phi) is 3.90. The quantitative estimate of drug-likeness (QED) is 0.868. The third-order valence-electron chi connectivity index (χ3n) is 3.27. The molecular weight excluding hydrogens is 262 g/mol. The predicted octanol–water partition coefficient (Wildman–Crippen LogP) is 0.790. The average molecular weight is 279 g/mol. The normalized spacial score (nSPS) is 21.0. The lowest BCUT2D eigenvalue weighted by Gasteiger charge is -2.31. The van der Waals surface area contributed by atoms with Crippen molar-refractivity contribution >= 4 is 10.0 Å². The van der Waals surface area contributed by atoms with E-state index in [1.165, 1.54) is 4.31 Å². The van der Waals surface area contributed by atoms with Crippen LogP contribution in [0.4, 0.5) is 0 Å². The van der Waals surface area contributed by atoms with Crippen molar-refractivity contribution in [2.45, 2.75) is 24.8 Å². The zero-order valence-corrected chi connectivity index (χ0v) is 11.9. The van der Waals surface area contributed by atoms with Crippen LogP contribution in [-0.4, -0.2) is 38.4 Å². The second kappa shape index (κ2) is 5.29. The van der Waals surface area contributed by atoms with Crippen molar-refractivity contribution in [3.05, 3.63) is 29.3 Å². The number of nitriles is 1. The molecule has 0 aliphatic carbocycles. The van der Waals surface area contributed by atoms with E-state index in [-0.39, 0.29) is 0 Å². The van der Waals surface area contributed by atoms with Crippen molar-refractivity contribution in [1.82, 2.24) is 9.62 Å². The third-order valence-corrected chi connectivity index (χ3v) is 5.32. The van der Waals surface area contributed by atoms with Crippen molar-refractivity contribution < 1.29 is 8.42 Å². The Morgan fingerprint density at radius 2 is 2.16 bits per heavy atom. The highest BCUT2D eigenvalue weighted by Crippen LogP contribution is 2.23. The molecule has 6 heteroatoms. The summed E-state index contributed by atoms with van der Waals surface area (Å²) in [7, 11) is -3.61. The van der Waals surface area contributed by atoms with Gasteiger partial charge in [-0.3, -0.25) is 0 Å². The van der Waals surface area contributed by atoms with Crippen LogP contribution in [0, 0.1) is 25.2 Å². The first kappa shape index (κ1) is 14.0. The van der Waals surface area contributed by atoms with Crippen molar-refractivity contribution in [3.8, 4) is 6.07 Å². The summed E-state index contributed by atoms with van der Waals surface area (Å²) in [4.78, 5) is 0.301. The van der Waals surface area contributed by atoms with E-state index in [4.69, 9.17) is 5.26 Å². The molecule has 1 heterocycles. The first-order chi connectivity index (χ1) is 8.96. The maximum Gasteiger partial charge on any atom is 0.244 e. The Balaban J connectivity index is 2.47. The Labute approximate surface area is 113 Å². The number of sulfonamides is 1. The maximum absolute atomic E-state index is 12.7. The highest BCUT2D eigenvalue weighted by Gasteiger charge is 2.34. The molecule has 0 radical (unpaired) electrons. The molecule has 1 unspecified atom stereocenters. The molecule has 2 rings (SSSR count). The van der Waals surface area contributed by atoms with Crippen LogP contribution in [0.3, 0.4) is 0 Å². The molecular formula is C13H17N3O2S. The number of rotatable bonds is 2. The summed E-state index contributed by atoms with van der Waals surface area (Å²) in [5, 5.41) is 12.1. The smallest absolute Gasteiger partial charge is 0.244 e. The van der Waals surface area contributed by atoms with Gasteiger partial charge in [-0.25, -0.2) is 8.42 Å². The topological polar surface area (TPSA) is 73.2 Å². The zero-order chi connectivity index (χ0) is 14.0. The number of nitrogens with zero attached hydrogens (tertiary/aromatic N) is 2. The van der Waals surface area contributed by atoms with Crippen molar-refractivity contribution in [3.63, 3.8) is 0 Å². The molecule has 19 heavy (non-hydrogen) atoms. The van der Waals surface area contributed by atoms with Gasteiger partial charge < -0.3 is 5.32 Å². The SMILES string of the molecule is Cc1ccc(C)c(S(=O)(=O)N2CCNCC2C#N)c1. The molecule has 102 valence electrons. The van der Waals surface area contributed by atoms with E-state index in [0.29, 0.717) is 30.1 Å². The van der Waals surface area contributed by atoms with Gasteiger partial charge in [0.05, 0.1) is 11.0 Å². The van der Waals surface area contributed by atoms with Crippen LogP contribution in [0.5, 0.6) is 0 Å². The lowest BCUT2D eigenvalue weighted by molar-refractivity contribution is 0.311. The van der Waals surface area contributed by atoms with E-state index >= 15 is 0 Å². The van der Waals surface area contributed by atoms with Gasteiger partial charge in [0.1, 0.15) is 6.04 Å². The van der Waals surface area contributed by atoms with E-state index in [9.17, 15) is 8.42 Å². The molecule has 5 nitrogen and oxygen atoms in total. The molecule has 1 aromatic rings. The third kappa shape index (κ3) is 2.63. The molecule has 0 bridgehead atoms. The Morgan fingerprint density at radius 1 is 1.42 bits per heavy atom. The number of piperazine rings is 1. The lowest BCUT2D eigenvalue weighted by atomic mass is 10.2. The number of nitrogens with one attached hydrogen (secondary N) is 1. The summed E-state index contributed by atoms with van der Waals surface area (Å²) in [6.07, 6.45) is 0. The molecule has 1 saturated heterocycles. The van der Waals surface area contributed by atoms with Crippen LogP contribution in [-0.2, 0) is 10.0 Å². The molecule has 1 aliphatic rings. The Morgan fingerprint density at radius 3 is 2.84 bits per heavy atom. The first-order valence-electron chi connectivity index (χ1n) is 6.16. The summed E-state index contributed by atoms with van der Waals surface area (Å²) in [6, 6.07) is 6.76. The number of aryl methyl sites for hydroxylation is 2. The molecule has 1 fully saturated rings. The summed E-state index contributed by atoms with van der Waals surface area (Å²) < 4.78 is 26.7. The van der Waals surface area contributed by atoms with Crippen molar-refractivity contribution in [2.24, 2.45) is 0 Å².